The topological polar surface area (TPSA) is 36.4 Å². The molecule has 62 valence electrons. The summed E-state index contributed by atoms with van der Waals surface area (Å²) < 4.78 is 0. The highest BCUT2D eigenvalue weighted by Crippen LogP contribution is 2.14. The van der Waals surface area contributed by atoms with E-state index in [-0.39, 0.29) is 0 Å². The highest BCUT2D eigenvalue weighted by Gasteiger charge is 2.14. The van der Waals surface area contributed by atoms with E-state index in [1.54, 1.807) is 0 Å². The van der Waals surface area contributed by atoms with Gasteiger partial charge in [0, 0.05) is 31.8 Å². The van der Waals surface area contributed by atoms with Gasteiger partial charge in [-0.05, 0) is 13.6 Å². The average Bonchev–Trinajstić information content (AvgIpc) is 2.04. The summed E-state index contributed by atoms with van der Waals surface area (Å²) in [5.74, 6) is 0. The van der Waals surface area contributed by atoms with Crippen LogP contribution in [0.2, 0.25) is 0 Å². The lowest BCUT2D eigenvalue weighted by Gasteiger charge is -2.23. The van der Waals surface area contributed by atoms with Gasteiger partial charge in [-0.2, -0.15) is 0 Å². The molecule has 1 atom stereocenters. The molecule has 0 amide bonds. The number of nitrogens with zero attached hydrogens (tertiary/aromatic N) is 1. The zero-order chi connectivity index (χ0) is 8.27. The van der Waals surface area contributed by atoms with Crippen LogP contribution >= 0.6 is 0 Å². The fourth-order valence-electron chi connectivity index (χ4n) is 1.26. The standard InChI is InChI=1S/C8H15N3/c1-6-4-7(9-2)8(10-3)5-11-6/h6,10-11H,2,4-5H2,1,3H3. The predicted octanol–water partition coefficient (Wildman–Crippen LogP) is 0.500. The lowest BCUT2D eigenvalue weighted by Crippen LogP contribution is -2.36. The first-order valence-corrected chi connectivity index (χ1v) is 3.87. The second-order valence-electron chi connectivity index (χ2n) is 2.82. The van der Waals surface area contributed by atoms with Crippen LogP contribution in [0.15, 0.2) is 16.4 Å². The summed E-state index contributed by atoms with van der Waals surface area (Å²) in [4.78, 5) is 3.98. The molecule has 11 heavy (non-hydrogen) atoms. The number of hydrogen-bond donors (Lipinski definition) is 2. The molecule has 3 nitrogen and oxygen atoms in total. The summed E-state index contributed by atoms with van der Waals surface area (Å²) in [5.41, 5.74) is 2.26. The van der Waals surface area contributed by atoms with E-state index in [9.17, 15) is 0 Å². The molecule has 0 saturated heterocycles. The smallest absolute Gasteiger partial charge is 0.0613 e. The number of rotatable bonds is 2. The van der Waals surface area contributed by atoms with Crippen molar-refractivity contribution in [2.75, 3.05) is 13.6 Å². The Labute approximate surface area is 67.6 Å². The normalized spacial score (nSPS) is 25.1. The first-order valence-electron chi connectivity index (χ1n) is 3.87. The maximum absolute atomic E-state index is 3.98. The Kier molecular flexibility index (Phi) is 2.65. The quantitative estimate of drug-likeness (QED) is 0.567. The van der Waals surface area contributed by atoms with E-state index >= 15 is 0 Å². The van der Waals surface area contributed by atoms with Gasteiger partial charge in [-0.1, -0.05) is 0 Å². The fourth-order valence-corrected chi connectivity index (χ4v) is 1.26. The van der Waals surface area contributed by atoms with Crippen LogP contribution in [-0.4, -0.2) is 26.4 Å². The van der Waals surface area contributed by atoms with Crippen molar-refractivity contribution >= 4 is 6.72 Å². The van der Waals surface area contributed by atoms with Crippen molar-refractivity contribution in [2.45, 2.75) is 19.4 Å². The highest BCUT2D eigenvalue weighted by atomic mass is 15.0. The van der Waals surface area contributed by atoms with Crippen LogP contribution < -0.4 is 10.6 Å². The van der Waals surface area contributed by atoms with Crippen molar-refractivity contribution in [3.8, 4) is 0 Å². The molecule has 1 aliphatic heterocycles. The number of nitrogens with one attached hydrogen (secondary N) is 2. The molecule has 1 heterocycles. The van der Waals surface area contributed by atoms with Gasteiger partial charge in [-0.15, -0.1) is 0 Å². The van der Waals surface area contributed by atoms with Gasteiger partial charge in [-0.3, -0.25) is 4.99 Å². The monoisotopic (exact) mass is 153 g/mol. The van der Waals surface area contributed by atoms with Gasteiger partial charge < -0.3 is 10.6 Å². The molecule has 1 unspecified atom stereocenters. The number of hydrogen-bond acceptors (Lipinski definition) is 3. The molecule has 2 N–H and O–H groups in total. The van der Waals surface area contributed by atoms with Crippen molar-refractivity contribution in [1.82, 2.24) is 10.6 Å². The van der Waals surface area contributed by atoms with Crippen LogP contribution in [-0.2, 0) is 0 Å². The Morgan fingerprint density at radius 1 is 1.73 bits per heavy atom. The van der Waals surface area contributed by atoms with E-state index < -0.39 is 0 Å². The summed E-state index contributed by atoms with van der Waals surface area (Å²) in [6.45, 7) is 6.57. The van der Waals surface area contributed by atoms with Gasteiger partial charge in [0.1, 0.15) is 0 Å². The maximum atomic E-state index is 3.98. The Balaban J connectivity index is 2.74. The van der Waals surface area contributed by atoms with Crippen LogP contribution in [0.25, 0.3) is 0 Å². The summed E-state index contributed by atoms with van der Waals surface area (Å²) in [7, 11) is 1.91. The molecule has 0 saturated carbocycles. The third-order valence-corrected chi connectivity index (χ3v) is 1.97. The SMILES string of the molecule is C=NC1=C(NC)CNC(C)C1. The highest BCUT2D eigenvalue weighted by molar-refractivity contribution is 5.32. The summed E-state index contributed by atoms with van der Waals surface area (Å²) >= 11 is 0. The molecule has 0 radical (unpaired) electrons. The molecule has 0 aliphatic carbocycles. The van der Waals surface area contributed by atoms with Gasteiger partial charge in [0.2, 0.25) is 0 Å². The first kappa shape index (κ1) is 8.27. The van der Waals surface area contributed by atoms with Crippen molar-refractivity contribution in [2.24, 2.45) is 4.99 Å². The summed E-state index contributed by atoms with van der Waals surface area (Å²) in [6.07, 6.45) is 0.972. The van der Waals surface area contributed by atoms with Gasteiger partial charge in [0.05, 0.1) is 5.70 Å². The van der Waals surface area contributed by atoms with E-state index in [2.05, 4.69) is 29.3 Å². The largest absolute Gasteiger partial charge is 0.389 e. The van der Waals surface area contributed by atoms with Crippen molar-refractivity contribution in [1.29, 1.82) is 0 Å². The van der Waals surface area contributed by atoms with E-state index in [1.807, 2.05) is 7.05 Å². The van der Waals surface area contributed by atoms with Gasteiger partial charge in [0.25, 0.3) is 0 Å². The lowest BCUT2D eigenvalue weighted by molar-refractivity contribution is 0.522. The van der Waals surface area contributed by atoms with Crippen molar-refractivity contribution in [3.05, 3.63) is 11.4 Å². The molecule has 3 heteroatoms. The van der Waals surface area contributed by atoms with E-state index in [0.29, 0.717) is 6.04 Å². The molecule has 0 aromatic rings. The van der Waals surface area contributed by atoms with Gasteiger partial charge >= 0.3 is 0 Å². The third kappa shape index (κ3) is 1.80. The Morgan fingerprint density at radius 3 is 3.00 bits per heavy atom. The van der Waals surface area contributed by atoms with Crippen LogP contribution in [0, 0.1) is 0 Å². The number of likely N-dealkylation sites (N-methyl/N-ethyl adjacent to an activating group) is 1. The summed E-state index contributed by atoms with van der Waals surface area (Å²) in [5, 5.41) is 6.45. The Morgan fingerprint density at radius 2 is 2.45 bits per heavy atom. The van der Waals surface area contributed by atoms with Gasteiger partial charge in [-0.25, -0.2) is 0 Å². The van der Waals surface area contributed by atoms with Crippen LogP contribution in [0.3, 0.4) is 0 Å². The van der Waals surface area contributed by atoms with Crippen LogP contribution in [0.4, 0.5) is 0 Å². The molecule has 1 rings (SSSR count). The second kappa shape index (κ2) is 3.53. The molecule has 0 aromatic heterocycles. The molecule has 0 bridgehead atoms. The predicted molar refractivity (Wildman–Crippen MR) is 47.7 cm³/mol. The minimum absolute atomic E-state index is 0.521. The molecule has 0 fully saturated rings. The zero-order valence-corrected chi connectivity index (χ0v) is 7.15. The zero-order valence-electron chi connectivity index (χ0n) is 7.15. The number of aliphatic imine (C=N–C) groups is 1. The molecule has 0 aromatic carbocycles. The molecular formula is C8H15N3. The third-order valence-electron chi connectivity index (χ3n) is 1.97. The lowest BCUT2D eigenvalue weighted by atomic mass is 10.1. The summed E-state index contributed by atoms with van der Waals surface area (Å²) in [6, 6.07) is 0.521. The minimum atomic E-state index is 0.521. The van der Waals surface area contributed by atoms with Gasteiger partial charge in [0.15, 0.2) is 0 Å². The molecule has 1 aliphatic rings. The Bertz CT molecular complexity index is 184. The van der Waals surface area contributed by atoms with E-state index in [1.165, 1.54) is 0 Å². The fraction of sp³-hybridized carbons (Fsp3) is 0.625. The minimum Gasteiger partial charge on any atom is -0.389 e. The molecule has 0 spiro atoms. The van der Waals surface area contributed by atoms with E-state index in [0.717, 1.165) is 24.4 Å². The first-order chi connectivity index (χ1) is 5.27. The maximum Gasteiger partial charge on any atom is 0.0613 e. The second-order valence-corrected chi connectivity index (χ2v) is 2.82. The van der Waals surface area contributed by atoms with Crippen LogP contribution in [0.1, 0.15) is 13.3 Å². The average molecular weight is 153 g/mol. The Hall–Kier alpha value is -0.830. The molecular weight excluding hydrogens is 138 g/mol. The van der Waals surface area contributed by atoms with Crippen LogP contribution in [0.5, 0.6) is 0 Å². The van der Waals surface area contributed by atoms with Crippen molar-refractivity contribution < 1.29 is 0 Å². The van der Waals surface area contributed by atoms with E-state index in [4.69, 9.17) is 0 Å². The van der Waals surface area contributed by atoms with Crippen molar-refractivity contribution in [3.63, 3.8) is 0 Å².